The smallest absolute Gasteiger partial charge is 0.396 e. The van der Waals surface area contributed by atoms with Crippen LogP contribution in [0.25, 0.3) is 0 Å². The van der Waals surface area contributed by atoms with Crippen molar-refractivity contribution in [2.45, 2.75) is 0 Å². The molecule has 0 heterocycles. The van der Waals surface area contributed by atoms with Crippen LogP contribution < -0.4 is 0 Å². The third kappa shape index (κ3) is 84.2. The molecule has 2 radical (unpaired) electrons. The molecule has 0 spiro atoms. The second-order valence-corrected chi connectivity index (χ2v) is 2.68. The van der Waals surface area contributed by atoms with E-state index in [1.807, 2.05) is 0 Å². The van der Waals surface area contributed by atoms with Crippen LogP contribution in [0, 0.1) is 0 Å². The second kappa shape index (κ2) is 37.2. The fraction of sp³-hybridized carbons (Fsp3) is 1.00. The minimum atomic E-state index is 0. The summed E-state index contributed by atoms with van der Waals surface area (Å²) in [6.07, 6.45) is 0. The van der Waals surface area contributed by atoms with Gasteiger partial charge in [0.2, 0.25) is 0 Å². The van der Waals surface area contributed by atoms with Crippen LogP contribution in [-0.2, 0) is 0 Å². The van der Waals surface area contributed by atoms with Crippen molar-refractivity contribution in [1.82, 2.24) is 0 Å². The molecule has 0 atom stereocenters. The van der Waals surface area contributed by atoms with Gasteiger partial charge in [0.25, 0.3) is 0 Å². The van der Waals surface area contributed by atoms with Crippen molar-refractivity contribution in [2.75, 3.05) is 37.1 Å². The van der Waals surface area contributed by atoms with Crippen LogP contribution >= 0.6 is 37.9 Å². The molecule has 0 unspecified atom stereocenters. The van der Waals surface area contributed by atoms with Gasteiger partial charge in [-0.25, -0.2) is 0 Å². The minimum absolute atomic E-state index is 0. The maximum Gasteiger partial charge on any atom is 3.00 e. The van der Waals surface area contributed by atoms with Crippen molar-refractivity contribution in [3.05, 3.63) is 0 Å². The summed E-state index contributed by atoms with van der Waals surface area (Å²) >= 11 is 11.0. The van der Waals surface area contributed by atoms with Gasteiger partial charge in [-0.3, -0.25) is 0 Å². The van der Waals surface area contributed by atoms with Gasteiger partial charge >= 0.3 is 24.4 Å². The van der Waals surface area contributed by atoms with Gasteiger partial charge in [0.1, 0.15) is 0 Å². The van der Waals surface area contributed by atoms with Gasteiger partial charge in [-0.05, 0) is 0 Å². The first-order valence-corrected chi connectivity index (χ1v) is 5.29. The van der Waals surface area contributed by atoms with E-state index >= 15 is 0 Å². The van der Waals surface area contributed by atoms with Crippen LogP contribution in [0.2, 0.25) is 0 Å². The van der Waals surface area contributed by atoms with E-state index in [1.165, 1.54) is 0 Å². The monoisotopic (exact) mass is 355 g/mol. The molecule has 0 saturated carbocycles. The van der Waals surface area contributed by atoms with E-state index in [1.54, 1.807) is 0 Å². The van der Waals surface area contributed by atoms with Crippen LogP contribution in [-0.4, -0.2) is 76.8 Å². The zero-order valence-electron chi connectivity index (χ0n) is 7.37. The number of hydrogen-bond acceptors (Lipinski definition) is 6. The maximum atomic E-state index is 7.80. The predicted octanol–water partition coefficient (Wildman–Crippen LogP) is -0.655. The van der Waals surface area contributed by atoms with Gasteiger partial charge < -0.3 is 15.3 Å². The Bertz CT molecular complexity index is 38.6. The molecule has 7 heteroatoms. The topological polar surface area (TPSA) is 60.7 Å². The first-order chi connectivity index (χ1) is 5.74. The van der Waals surface area contributed by atoms with Crippen molar-refractivity contribution in [2.24, 2.45) is 0 Å². The summed E-state index contributed by atoms with van der Waals surface area (Å²) in [6, 6.07) is 0. The van der Waals surface area contributed by atoms with Gasteiger partial charge in [0, 0.05) is 17.3 Å². The molecule has 0 rings (SSSR count). The first kappa shape index (κ1) is 24.1. The maximum absolute atomic E-state index is 7.80. The Labute approximate surface area is 114 Å². The van der Waals surface area contributed by atoms with Crippen molar-refractivity contribution in [3.8, 4) is 0 Å². The molecule has 0 bridgehead atoms. The van der Waals surface area contributed by atoms with E-state index in [0.717, 1.165) is 0 Å². The average Bonchev–Trinajstić information content (AvgIpc) is 2.18. The molecule has 0 fully saturated rings. The van der Waals surface area contributed by atoms with Crippen LogP contribution in [0.3, 0.4) is 0 Å². The Hall–Kier alpha value is 1.75. The van der Waals surface area contributed by atoms with E-state index in [-0.39, 0.29) is 44.2 Å². The Kier molecular flexibility index (Phi) is 69.1. The Morgan fingerprint density at radius 3 is 0.692 bits per heavy atom. The molecule has 0 aromatic carbocycles. The van der Waals surface area contributed by atoms with Gasteiger partial charge in [-0.1, -0.05) is 0 Å². The van der Waals surface area contributed by atoms with E-state index in [0.29, 0.717) is 17.3 Å². The van der Waals surface area contributed by atoms with Crippen LogP contribution in [0.15, 0.2) is 0 Å². The van der Waals surface area contributed by atoms with E-state index in [4.69, 9.17) is 15.3 Å². The molecular weight excluding hydrogens is 338 g/mol. The summed E-state index contributed by atoms with van der Waals surface area (Å²) in [4.78, 5) is 0. The molecule has 0 aliphatic carbocycles. The van der Waals surface area contributed by atoms with Gasteiger partial charge in [0.05, 0.1) is 19.8 Å². The number of hydrogen-bond donors (Lipinski definition) is 6. The Morgan fingerprint density at radius 1 is 0.615 bits per heavy atom. The second-order valence-electron chi connectivity index (χ2n) is 1.34. The van der Waals surface area contributed by atoms with Crippen molar-refractivity contribution in [3.63, 3.8) is 0 Å². The number of aliphatic hydroxyl groups excluding tert-OH is 3. The van der Waals surface area contributed by atoms with Crippen molar-refractivity contribution < 1.29 is 15.3 Å². The van der Waals surface area contributed by atoms with Crippen LogP contribution in [0.5, 0.6) is 0 Å². The average molecular weight is 356 g/mol. The molecule has 3 nitrogen and oxygen atoms in total. The zero-order valence-corrected chi connectivity index (χ0v) is 12.6. The molecule has 0 aromatic rings. The number of rotatable bonds is 3. The molecule has 0 saturated heterocycles. The molecule has 0 aliphatic heterocycles. The molecule has 0 aliphatic rings. The van der Waals surface area contributed by atoms with E-state index in [2.05, 4.69) is 37.9 Å². The van der Waals surface area contributed by atoms with Gasteiger partial charge in [-0.2, -0.15) is 37.9 Å². The van der Waals surface area contributed by atoms with Crippen LogP contribution in [0.4, 0.5) is 0 Å². The first-order valence-electron chi connectivity index (χ1n) is 3.40. The normalized spacial score (nSPS) is 6.92. The van der Waals surface area contributed by atoms with Gasteiger partial charge in [0.15, 0.2) is 0 Å². The van der Waals surface area contributed by atoms with Crippen molar-refractivity contribution >= 4 is 62.3 Å². The predicted molar refractivity (Wildman–Crippen MR) is 68.6 cm³/mol. The molecule has 3 N–H and O–H groups in total. The van der Waals surface area contributed by atoms with Gasteiger partial charge in [-0.15, -0.1) is 0 Å². The Balaban J connectivity index is -0.0000000450. The summed E-state index contributed by atoms with van der Waals surface area (Å²) in [5.41, 5.74) is 0. The summed E-state index contributed by atoms with van der Waals surface area (Å²) in [7, 11) is 0. The SMILES string of the molecule is OCCS.OCCS.OCCS.[Sb+3]. The molecule has 80 valence electrons. The largest absolute Gasteiger partial charge is 3.00 e. The van der Waals surface area contributed by atoms with E-state index in [9.17, 15) is 0 Å². The number of thiol groups is 3. The fourth-order valence-corrected chi connectivity index (χ4v) is 0. The summed E-state index contributed by atoms with van der Waals surface area (Å²) in [5, 5.41) is 23.4. The summed E-state index contributed by atoms with van der Waals surface area (Å²) in [5.74, 6) is 1.71. The number of aliphatic hydroxyl groups is 3. The minimum Gasteiger partial charge on any atom is -0.396 e. The Morgan fingerprint density at radius 2 is 0.692 bits per heavy atom. The molecular formula is C6H18O3S3Sb+3. The van der Waals surface area contributed by atoms with Crippen LogP contribution in [0.1, 0.15) is 0 Å². The molecule has 13 heavy (non-hydrogen) atoms. The third-order valence-electron chi connectivity index (χ3n) is 0.300. The fourth-order valence-electron chi connectivity index (χ4n) is 0. The molecule has 0 amide bonds. The summed E-state index contributed by atoms with van der Waals surface area (Å²) < 4.78 is 0. The van der Waals surface area contributed by atoms with E-state index < -0.39 is 0 Å². The zero-order chi connectivity index (χ0) is 10.2. The van der Waals surface area contributed by atoms with Crippen molar-refractivity contribution in [1.29, 1.82) is 0 Å². The standard InChI is InChI=1S/3C2H6OS.Sb/c3*3-1-2-4;/h3*3-4H,1-2H2;/q;;;+3. The third-order valence-corrected chi connectivity index (χ3v) is 0.900. The summed E-state index contributed by atoms with van der Waals surface area (Å²) in [6.45, 7) is 0.551. The quantitative estimate of drug-likeness (QED) is 0.301. The molecule has 0 aromatic heterocycles.